The second-order valence-corrected chi connectivity index (χ2v) is 4.57. The predicted molar refractivity (Wildman–Crippen MR) is 64.8 cm³/mol. The van der Waals surface area contributed by atoms with E-state index in [-0.39, 0.29) is 0 Å². The van der Waals surface area contributed by atoms with Gasteiger partial charge in [-0.15, -0.1) is 0 Å². The van der Waals surface area contributed by atoms with Crippen LogP contribution in [0.15, 0.2) is 12.3 Å². The number of rotatable bonds is 4. The maximum atomic E-state index is 5.25. The number of hydrogen-bond donors (Lipinski definition) is 3. The molecule has 0 spiro atoms. The number of aromatic nitrogens is 2. The molecule has 1 aromatic rings. The topological polar surface area (TPSA) is 75.9 Å². The molecule has 2 rings (SSSR count). The van der Waals surface area contributed by atoms with Crippen molar-refractivity contribution in [1.29, 1.82) is 0 Å². The van der Waals surface area contributed by atoms with Crippen LogP contribution in [0, 0.1) is 11.8 Å². The third-order valence-electron chi connectivity index (χ3n) is 3.16. The molecule has 88 valence electrons. The maximum Gasteiger partial charge on any atom is 0.239 e. The van der Waals surface area contributed by atoms with Crippen LogP contribution in [0.4, 0.5) is 11.8 Å². The van der Waals surface area contributed by atoms with E-state index in [1.165, 1.54) is 19.3 Å². The molecular weight excluding hydrogens is 202 g/mol. The molecule has 1 fully saturated rings. The molecule has 0 radical (unpaired) electrons. The quantitative estimate of drug-likeness (QED) is 0.532. The number of hydrogen-bond acceptors (Lipinski definition) is 5. The van der Waals surface area contributed by atoms with Crippen LogP contribution in [0.25, 0.3) is 0 Å². The van der Waals surface area contributed by atoms with Crippen LogP contribution in [-0.2, 0) is 0 Å². The third-order valence-corrected chi connectivity index (χ3v) is 3.16. The van der Waals surface area contributed by atoms with E-state index in [4.69, 9.17) is 5.84 Å². The number of anilines is 2. The number of nitrogens with two attached hydrogens (primary N) is 1. The lowest BCUT2D eigenvalue weighted by Crippen LogP contribution is -2.15. The van der Waals surface area contributed by atoms with Gasteiger partial charge in [0.05, 0.1) is 0 Å². The molecule has 2 atom stereocenters. The Labute approximate surface area is 95.8 Å². The van der Waals surface area contributed by atoms with Crippen molar-refractivity contribution < 1.29 is 0 Å². The van der Waals surface area contributed by atoms with Crippen LogP contribution in [0.2, 0.25) is 0 Å². The average Bonchev–Trinajstić information content (AvgIpc) is 2.73. The van der Waals surface area contributed by atoms with E-state index in [1.807, 2.05) is 6.07 Å². The summed E-state index contributed by atoms with van der Waals surface area (Å²) in [7, 11) is 0. The largest absolute Gasteiger partial charge is 0.370 e. The van der Waals surface area contributed by atoms with Crippen LogP contribution >= 0.6 is 0 Å². The zero-order valence-corrected chi connectivity index (χ0v) is 9.61. The molecule has 0 saturated heterocycles. The molecule has 16 heavy (non-hydrogen) atoms. The van der Waals surface area contributed by atoms with Crippen molar-refractivity contribution in [2.24, 2.45) is 17.7 Å². The van der Waals surface area contributed by atoms with Crippen LogP contribution in [0.5, 0.6) is 0 Å². The fourth-order valence-electron chi connectivity index (χ4n) is 2.29. The molecule has 0 bridgehead atoms. The molecule has 1 aliphatic rings. The Kier molecular flexibility index (Phi) is 3.56. The summed E-state index contributed by atoms with van der Waals surface area (Å²) in [6.45, 7) is 3.31. The monoisotopic (exact) mass is 221 g/mol. The fourth-order valence-corrected chi connectivity index (χ4v) is 2.29. The van der Waals surface area contributed by atoms with E-state index in [2.05, 4.69) is 27.6 Å². The highest BCUT2D eigenvalue weighted by atomic mass is 15.3. The zero-order chi connectivity index (χ0) is 11.4. The summed E-state index contributed by atoms with van der Waals surface area (Å²) in [4.78, 5) is 8.18. The number of hydrazine groups is 1. The summed E-state index contributed by atoms with van der Waals surface area (Å²) in [6.07, 6.45) is 5.69. The van der Waals surface area contributed by atoms with Gasteiger partial charge in [-0.1, -0.05) is 13.3 Å². The van der Waals surface area contributed by atoms with Gasteiger partial charge in [0.15, 0.2) is 0 Å². The molecule has 1 heterocycles. The van der Waals surface area contributed by atoms with Gasteiger partial charge in [-0.05, 0) is 30.7 Å². The SMILES string of the molecule is CC1CCC(CNc2ccnc(NN)n2)C1. The number of nitrogen functional groups attached to an aromatic ring is 1. The van der Waals surface area contributed by atoms with E-state index in [9.17, 15) is 0 Å². The lowest BCUT2D eigenvalue weighted by Gasteiger charge is -2.11. The number of nitrogens with zero attached hydrogens (tertiary/aromatic N) is 2. The van der Waals surface area contributed by atoms with E-state index >= 15 is 0 Å². The Morgan fingerprint density at radius 3 is 3.06 bits per heavy atom. The first-order chi connectivity index (χ1) is 7.78. The van der Waals surface area contributed by atoms with Gasteiger partial charge in [0.25, 0.3) is 0 Å². The first-order valence-electron chi connectivity index (χ1n) is 5.81. The van der Waals surface area contributed by atoms with Gasteiger partial charge in [-0.3, -0.25) is 5.43 Å². The van der Waals surface area contributed by atoms with E-state index in [0.717, 1.165) is 24.2 Å². The van der Waals surface area contributed by atoms with Crippen LogP contribution < -0.4 is 16.6 Å². The first-order valence-corrected chi connectivity index (χ1v) is 5.81. The standard InChI is InChI=1S/C11H19N5/c1-8-2-3-9(6-8)7-14-10-4-5-13-11(15-10)16-12/h4-5,8-9H,2-3,6-7,12H2,1H3,(H2,13,14,15,16). The van der Waals surface area contributed by atoms with Crippen LogP contribution in [0.3, 0.4) is 0 Å². The molecular formula is C11H19N5. The van der Waals surface area contributed by atoms with E-state index < -0.39 is 0 Å². The minimum absolute atomic E-state index is 0.449. The summed E-state index contributed by atoms with van der Waals surface area (Å²) in [6, 6.07) is 1.86. The smallest absolute Gasteiger partial charge is 0.239 e. The van der Waals surface area contributed by atoms with Gasteiger partial charge in [-0.2, -0.15) is 4.98 Å². The van der Waals surface area contributed by atoms with Crippen molar-refractivity contribution in [3.05, 3.63) is 12.3 Å². The minimum atomic E-state index is 0.449. The second kappa shape index (κ2) is 5.12. The van der Waals surface area contributed by atoms with Crippen molar-refractivity contribution in [3.8, 4) is 0 Å². The minimum Gasteiger partial charge on any atom is -0.370 e. The van der Waals surface area contributed by atoms with Gasteiger partial charge in [0.2, 0.25) is 5.95 Å². The molecule has 4 N–H and O–H groups in total. The molecule has 1 aliphatic carbocycles. The van der Waals surface area contributed by atoms with Gasteiger partial charge in [0.1, 0.15) is 5.82 Å². The highest BCUT2D eigenvalue weighted by Crippen LogP contribution is 2.30. The van der Waals surface area contributed by atoms with Crippen LogP contribution in [0.1, 0.15) is 26.2 Å². The first kappa shape index (κ1) is 11.1. The second-order valence-electron chi connectivity index (χ2n) is 4.57. The van der Waals surface area contributed by atoms with Crippen molar-refractivity contribution in [2.75, 3.05) is 17.3 Å². The molecule has 1 saturated carbocycles. The van der Waals surface area contributed by atoms with Crippen LogP contribution in [-0.4, -0.2) is 16.5 Å². The van der Waals surface area contributed by atoms with Crippen molar-refractivity contribution in [2.45, 2.75) is 26.2 Å². The number of nitrogens with one attached hydrogen (secondary N) is 2. The molecule has 0 aromatic carbocycles. The lowest BCUT2D eigenvalue weighted by molar-refractivity contribution is 0.536. The predicted octanol–water partition coefficient (Wildman–Crippen LogP) is 1.61. The highest BCUT2D eigenvalue weighted by molar-refractivity contribution is 5.38. The summed E-state index contributed by atoms with van der Waals surface area (Å²) in [5, 5.41) is 3.34. The zero-order valence-electron chi connectivity index (χ0n) is 9.61. The van der Waals surface area contributed by atoms with Crippen molar-refractivity contribution in [1.82, 2.24) is 9.97 Å². The highest BCUT2D eigenvalue weighted by Gasteiger charge is 2.20. The van der Waals surface area contributed by atoms with E-state index in [0.29, 0.717) is 5.95 Å². The Hall–Kier alpha value is -1.36. The molecule has 5 nitrogen and oxygen atoms in total. The van der Waals surface area contributed by atoms with E-state index in [1.54, 1.807) is 6.20 Å². The van der Waals surface area contributed by atoms with Gasteiger partial charge in [-0.25, -0.2) is 10.8 Å². The van der Waals surface area contributed by atoms with Gasteiger partial charge in [0, 0.05) is 12.7 Å². The third kappa shape index (κ3) is 2.82. The molecule has 5 heteroatoms. The lowest BCUT2D eigenvalue weighted by atomic mass is 10.1. The van der Waals surface area contributed by atoms with Gasteiger partial charge < -0.3 is 5.32 Å². The normalized spacial score (nSPS) is 24.4. The Bertz CT molecular complexity index is 341. The Morgan fingerprint density at radius 1 is 1.50 bits per heavy atom. The summed E-state index contributed by atoms with van der Waals surface area (Å²) < 4.78 is 0. The molecule has 1 aromatic heterocycles. The summed E-state index contributed by atoms with van der Waals surface area (Å²) in [5.74, 6) is 8.19. The van der Waals surface area contributed by atoms with Gasteiger partial charge >= 0.3 is 0 Å². The van der Waals surface area contributed by atoms with Crippen molar-refractivity contribution >= 4 is 11.8 Å². The Balaban J connectivity index is 1.84. The van der Waals surface area contributed by atoms with Crippen molar-refractivity contribution in [3.63, 3.8) is 0 Å². The average molecular weight is 221 g/mol. The molecule has 0 amide bonds. The summed E-state index contributed by atoms with van der Waals surface area (Å²) in [5.41, 5.74) is 2.44. The maximum absolute atomic E-state index is 5.25. The Morgan fingerprint density at radius 2 is 2.38 bits per heavy atom. The summed E-state index contributed by atoms with van der Waals surface area (Å²) >= 11 is 0. The molecule has 0 aliphatic heterocycles. The molecule has 2 unspecified atom stereocenters. The fraction of sp³-hybridized carbons (Fsp3) is 0.636.